The lowest BCUT2D eigenvalue weighted by Gasteiger charge is -2.17. The van der Waals surface area contributed by atoms with E-state index in [1.807, 2.05) is 0 Å². The van der Waals surface area contributed by atoms with E-state index in [1.165, 1.54) is 25.7 Å². The van der Waals surface area contributed by atoms with Crippen molar-refractivity contribution in [3.8, 4) is 0 Å². The van der Waals surface area contributed by atoms with Crippen LogP contribution in [-0.2, 0) is 19.1 Å². The number of hydrogen-bond acceptors (Lipinski definition) is 5. The van der Waals surface area contributed by atoms with E-state index < -0.39 is 0 Å². The molecule has 0 amide bonds. The van der Waals surface area contributed by atoms with Gasteiger partial charge in [0.1, 0.15) is 6.61 Å². The van der Waals surface area contributed by atoms with Crippen LogP contribution in [0, 0.1) is 5.92 Å². The van der Waals surface area contributed by atoms with Crippen LogP contribution in [0.2, 0.25) is 0 Å². The summed E-state index contributed by atoms with van der Waals surface area (Å²) in [6, 6.07) is 0. The van der Waals surface area contributed by atoms with Crippen LogP contribution in [0.25, 0.3) is 0 Å². The van der Waals surface area contributed by atoms with Gasteiger partial charge in [0.15, 0.2) is 0 Å². The molecule has 0 N–H and O–H groups in total. The topological polar surface area (TPSA) is 55.8 Å². The van der Waals surface area contributed by atoms with Gasteiger partial charge in [0.2, 0.25) is 0 Å². The van der Waals surface area contributed by atoms with E-state index in [1.54, 1.807) is 13.8 Å². The van der Waals surface area contributed by atoms with Crippen molar-refractivity contribution in [2.24, 2.45) is 5.92 Å². The third kappa shape index (κ3) is 20.9. The Balaban J connectivity index is 0. The van der Waals surface area contributed by atoms with Crippen molar-refractivity contribution in [3.05, 3.63) is 24.3 Å². The predicted octanol–water partition coefficient (Wildman–Crippen LogP) is 5.55. The molecule has 5 heteroatoms. The van der Waals surface area contributed by atoms with Crippen molar-refractivity contribution in [1.82, 2.24) is 4.90 Å². The van der Waals surface area contributed by atoms with Gasteiger partial charge in [-0.05, 0) is 39.3 Å². The first-order valence-corrected chi connectivity index (χ1v) is 11.0. The number of esters is 2. The highest BCUT2D eigenvalue weighted by atomic mass is 16.5. The van der Waals surface area contributed by atoms with Gasteiger partial charge >= 0.3 is 11.9 Å². The van der Waals surface area contributed by atoms with Gasteiger partial charge in [0.25, 0.3) is 0 Å². The largest absolute Gasteiger partial charge is 0.462 e. The number of likely N-dealkylation sites (N-methyl/N-ethyl adjacent to an activating group) is 1. The molecule has 0 radical (unpaired) electrons. The third-order valence-corrected chi connectivity index (χ3v) is 4.39. The van der Waals surface area contributed by atoms with Gasteiger partial charge < -0.3 is 14.4 Å². The number of carbonyl (C=O) groups excluding carboxylic acids is 2. The maximum atomic E-state index is 11.0. The van der Waals surface area contributed by atoms with Gasteiger partial charge in [0.05, 0.1) is 6.61 Å². The predicted molar refractivity (Wildman–Crippen MR) is 122 cm³/mol. The van der Waals surface area contributed by atoms with E-state index in [4.69, 9.17) is 9.47 Å². The molecule has 0 aromatic rings. The van der Waals surface area contributed by atoms with Crippen LogP contribution >= 0.6 is 0 Å². The number of rotatable bonds is 15. The van der Waals surface area contributed by atoms with Crippen LogP contribution in [0.3, 0.4) is 0 Å². The minimum absolute atomic E-state index is 0.264. The summed E-state index contributed by atoms with van der Waals surface area (Å²) in [4.78, 5) is 24.2. The van der Waals surface area contributed by atoms with E-state index >= 15 is 0 Å². The maximum absolute atomic E-state index is 11.0. The molecule has 0 rings (SSSR count). The van der Waals surface area contributed by atoms with Crippen LogP contribution in [0.15, 0.2) is 24.3 Å². The fourth-order valence-corrected chi connectivity index (χ4v) is 2.40. The molecule has 0 aliphatic heterocycles. The SMILES string of the molecule is C=C(C)C(=O)OCCCCCCCC(C)C.C=C(C)C(=O)OCCN(CC)CC. The highest BCUT2D eigenvalue weighted by molar-refractivity contribution is 5.87. The van der Waals surface area contributed by atoms with Gasteiger partial charge in [-0.15, -0.1) is 0 Å². The summed E-state index contributed by atoms with van der Waals surface area (Å²) in [7, 11) is 0. The van der Waals surface area contributed by atoms with Crippen molar-refractivity contribution in [1.29, 1.82) is 0 Å². The zero-order valence-electron chi connectivity index (χ0n) is 19.8. The number of hydrogen-bond donors (Lipinski definition) is 0. The van der Waals surface area contributed by atoms with Crippen molar-refractivity contribution in [2.75, 3.05) is 32.8 Å². The molecule has 29 heavy (non-hydrogen) atoms. The fraction of sp³-hybridized carbons (Fsp3) is 0.750. The number of ether oxygens (including phenoxy) is 2. The Kier molecular flexibility index (Phi) is 20.1. The molecule has 0 saturated carbocycles. The van der Waals surface area contributed by atoms with Gasteiger partial charge in [0, 0.05) is 17.7 Å². The summed E-state index contributed by atoms with van der Waals surface area (Å²) >= 11 is 0. The van der Waals surface area contributed by atoms with E-state index in [0.717, 1.165) is 38.4 Å². The second-order valence-electron chi connectivity index (χ2n) is 7.81. The molecule has 0 saturated heterocycles. The number of carbonyl (C=O) groups is 2. The number of nitrogens with zero attached hydrogens (tertiary/aromatic N) is 1. The van der Waals surface area contributed by atoms with Crippen LogP contribution in [-0.4, -0.2) is 49.7 Å². The molecule has 0 aromatic heterocycles. The molecular weight excluding hydrogens is 366 g/mol. The zero-order chi connectivity index (χ0) is 22.7. The first-order valence-electron chi connectivity index (χ1n) is 11.0. The first kappa shape index (κ1) is 29.6. The second kappa shape index (κ2) is 19.7. The monoisotopic (exact) mass is 411 g/mol. The normalized spacial score (nSPS) is 10.3. The van der Waals surface area contributed by atoms with Gasteiger partial charge in [-0.1, -0.05) is 73.0 Å². The van der Waals surface area contributed by atoms with Crippen molar-refractivity contribution in [2.45, 2.75) is 80.1 Å². The summed E-state index contributed by atoms with van der Waals surface area (Å²) in [5.41, 5.74) is 0.941. The molecular formula is C24H45NO4. The van der Waals surface area contributed by atoms with E-state index in [-0.39, 0.29) is 11.9 Å². The average Bonchev–Trinajstić information content (AvgIpc) is 2.67. The lowest BCUT2D eigenvalue weighted by Crippen LogP contribution is -2.27. The Morgan fingerprint density at radius 3 is 1.69 bits per heavy atom. The number of unbranched alkanes of at least 4 members (excludes halogenated alkanes) is 4. The Bertz CT molecular complexity index is 468. The Labute approximate surface area is 179 Å². The molecule has 0 unspecified atom stereocenters. The average molecular weight is 412 g/mol. The third-order valence-electron chi connectivity index (χ3n) is 4.39. The lowest BCUT2D eigenvalue weighted by molar-refractivity contribution is -0.140. The Hall–Kier alpha value is -1.62. The molecule has 0 fully saturated rings. The van der Waals surface area contributed by atoms with Crippen LogP contribution in [0.4, 0.5) is 0 Å². The summed E-state index contributed by atoms with van der Waals surface area (Å²) < 4.78 is 9.97. The van der Waals surface area contributed by atoms with Gasteiger partial charge in [-0.25, -0.2) is 9.59 Å². The molecule has 170 valence electrons. The molecule has 5 nitrogen and oxygen atoms in total. The summed E-state index contributed by atoms with van der Waals surface area (Å²) in [6.07, 6.45) is 7.32. The first-order chi connectivity index (χ1) is 13.6. The minimum Gasteiger partial charge on any atom is -0.462 e. The molecule has 0 atom stereocenters. The molecule has 0 aromatic carbocycles. The van der Waals surface area contributed by atoms with Gasteiger partial charge in [-0.3, -0.25) is 0 Å². The summed E-state index contributed by atoms with van der Waals surface area (Å²) in [5, 5.41) is 0. The Morgan fingerprint density at radius 2 is 1.24 bits per heavy atom. The lowest BCUT2D eigenvalue weighted by atomic mass is 10.0. The standard InChI is InChI=1S/C14H26O2.C10H19NO2/c1-12(2)10-8-6-5-7-9-11-16-14(15)13(3)4;1-5-11(6-2)7-8-13-10(12)9(3)4/h12H,3,5-11H2,1-2,4H3;3,5-8H2,1-2,4H3. The van der Waals surface area contributed by atoms with E-state index in [2.05, 4.69) is 45.8 Å². The quantitative estimate of drug-likeness (QED) is 0.201. The molecule has 0 spiro atoms. The van der Waals surface area contributed by atoms with Crippen molar-refractivity contribution < 1.29 is 19.1 Å². The van der Waals surface area contributed by atoms with Crippen molar-refractivity contribution >= 4 is 11.9 Å². The fourth-order valence-electron chi connectivity index (χ4n) is 2.40. The Morgan fingerprint density at radius 1 is 0.793 bits per heavy atom. The van der Waals surface area contributed by atoms with Crippen LogP contribution in [0.1, 0.15) is 80.1 Å². The van der Waals surface area contributed by atoms with Crippen LogP contribution in [0.5, 0.6) is 0 Å². The minimum atomic E-state index is -0.299. The summed E-state index contributed by atoms with van der Waals surface area (Å²) in [6.45, 7) is 22.8. The maximum Gasteiger partial charge on any atom is 0.333 e. The van der Waals surface area contributed by atoms with Crippen LogP contribution < -0.4 is 0 Å². The van der Waals surface area contributed by atoms with Crippen molar-refractivity contribution in [3.63, 3.8) is 0 Å². The molecule has 0 bridgehead atoms. The van der Waals surface area contributed by atoms with E-state index in [0.29, 0.717) is 24.4 Å². The highest BCUT2D eigenvalue weighted by Crippen LogP contribution is 2.10. The zero-order valence-corrected chi connectivity index (χ0v) is 19.8. The highest BCUT2D eigenvalue weighted by Gasteiger charge is 2.04. The molecule has 0 heterocycles. The van der Waals surface area contributed by atoms with Gasteiger partial charge in [-0.2, -0.15) is 0 Å². The van der Waals surface area contributed by atoms with E-state index in [9.17, 15) is 9.59 Å². The molecule has 0 aliphatic carbocycles. The summed E-state index contributed by atoms with van der Waals surface area (Å²) in [5.74, 6) is 0.253. The molecule has 0 aliphatic rings. The smallest absolute Gasteiger partial charge is 0.333 e. The second-order valence-corrected chi connectivity index (χ2v) is 7.81.